The summed E-state index contributed by atoms with van der Waals surface area (Å²) in [6.45, 7) is 0. The summed E-state index contributed by atoms with van der Waals surface area (Å²) in [5.41, 5.74) is -2.56. The van der Waals surface area contributed by atoms with E-state index in [0.717, 1.165) is 36.4 Å². The van der Waals surface area contributed by atoms with Crippen LogP contribution in [0.25, 0.3) is 11.1 Å². The average Bonchev–Trinajstić information content (AvgIpc) is 3.16. The molecule has 1 aliphatic heterocycles. The van der Waals surface area contributed by atoms with E-state index in [9.17, 15) is 39.5 Å². The number of thiol groups is 1. The van der Waals surface area contributed by atoms with Crippen molar-refractivity contribution < 1.29 is 44.3 Å². The van der Waals surface area contributed by atoms with Crippen molar-refractivity contribution in [2.24, 2.45) is 0 Å². The van der Waals surface area contributed by atoms with Crippen LogP contribution in [0.3, 0.4) is 0 Å². The molecule has 0 aromatic heterocycles. The first kappa shape index (κ1) is 26.0. The van der Waals surface area contributed by atoms with Crippen molar-refractivity contribution in [1.29, 1.82) is 0 Å². The summed E-state index contributed by atoms with van der Waals surface area (Å²) in [5.74, 6) is 0.454. The molecule has 0 saturated heterocycles. The summed E-state index contributed by atoms with van der Waals surface area (Å²) < 4.78 is 124. The van der Waals surface area contributed by atoms with Crippen LogP contribution in [0.5, 0.6) is 11.5 Å². The maximum absolute atomic E-state index is 13.4. The molecule has 0 radical (unpaired) electrons. The Morgan fingerprint density at radius 1 is 0.447 bits per heavy atom. The lowest BCUT2D eigenvalue weighted by atomic mass is 10.0. The molecule has 11 heteroatoms. The number of halogens is 9. The summed E-state index contributed by atoms with van der Waals surface area (Å²) in [6.07, 6.45) is -13.8. The Hall–Kier alpha value is -3.60. The van der Waals surface area contributed by atoms with E-state index in [0.29, 0.717) is 20.4 Å². The lowest BCUT2D eigenvalue weighted by Crippen LogP contribution is -2.05. The monoisotopic (exact) mass is 558 g/mol. The quantitative estimate of drug-likeness (QED) is 0.171. The summed E-state index contributed by atoms with van der Waals surface area (Å²) in [5, 5.41) is 0. The molecule has 4 aromatic carbocycles. The van der Waals surface area contributed by atoms with Gasteiger partial charge < -0.3 is 4.74 Å². The minimum absolute atomic E-state index is 0.0946. The van der Waals surface area contributed by atoms with Gasteiger partial charge in [-0.05, 0) is 101 Å². The van der Waals surface area contributed by atoms with E-state index in [1.54, 1.807) is 24.3 Å². The van der Waals surface area contributed by atoms with E-state index in [1.165, 1.54) is 24.3 Å². The second kappa shape index (κ2) is 9.00. The number of alkyl halides is 9. The summed E-state index contributed by atoms with van der Waals surface area (Å²) in [7, 11) is -1.47. The molecule has 0 N–H and O–H groups in total. The first-order valence-electron chi connectivity index (χ1n) is 10.9. The van der Waals surface area contributed by atoms with E-state index in [4.69, 9.17) is 4.74 Å². The van der Waals surface area contributed by atoms with Crippen molar-refractivity contribution in [3.63, 3.8) is 0 Å². The van der Waals surface area contributed by atoms with Gasteiger partial charge in [-0.1, -0.05) is 0 Å². The fourth-order valence-electron chi connectivity index (χ4n) is 4.17. The van der Waals surface area contributed by atoms with Crippen LogP contribution in [-0.2, 0) is 18.5 Å². The third-order valence-electron chi connectivity index (χ3n) is 5.93. The Morgan fingerprint density at radius 3 is 1.21 bits per heavy atom. The van der Waals surface area contributed by atoms with Crippen LogP contribution >= 0.6 is 10.9 Å². The van der Waals surface area contributed by atoms with Crippen LogP contribution in [0.15, 0.2) is 99.6 Å². The largest absolute Gasteiger partial charge is 0.457 e. The lowest BCUT2D eigenvalue weighted by molar-refractivity contribution is -0.138. The maximum atomic E-state index is 13.4. The molecule has 0 amide bonds. The normalized spacial score (nSPS) is 14.3. The molecule has 0 spiro atoms. The Morgan fingerprint density at radius 2 is 0.816 bits per heavy atom. The number of rotatable bonds is 3. The van der Waals surface area contributed by atoms with Gasteiger partial charge in [0.05, 0.1) is 16.7 Å². The molecule has 198 valence electrons. The molecule has 4 aromatic rings. The maximum Gasteiger partial charge on any atom is 0.416 e. The van der Waals surface area contributed by atoms with Gasteiger partial charge in [-0.3, -0.25) is 0 Å². The predicted molar refractivity (Wildman–Crippen MR) is 124 cm³/mol. The smallest absolute Gasteiger partial charge is 0.416 e. The highest BCUT2D eigenvalue weighted by molar-refractivity contribution is 8.17. The summed E-state index contributed by atoms with van der Waals surface area (Å²) in [4.78, 5) is 1.62. The predicted octanol–water partition coefficient (Wildman–Crippen LogP) is 9.99. The number of fused-ring (bicyclic) bond motifs is 3. The standard InChI is InChI=1S/C27H15F9OS/c28-25(29,30)15-1-5-18(6-2-15)37-19-7-9-20(10-8-19)38-23-11-3-16(26(31,32)33)13-21(23)22-14-17(27(34,35)36)4-12-24(22)38/h1-14,38H. The SMILES string of the molecule is FC(F)(F)c1ccc(Oc2ccc([SH]3c4ccc(C(F)(F)F)cc4-c4cc(C(F)(F)F)ccc43)cc2)cc1. The van der Waals surface area contributed by atoms with Crippen molar-refractivity contribution >= 4 is 10.9 Å². The highest BCUT2D eigenvalue weighted by atomic mass is 32.2. The number of hydrogen-bond acceptors (Lipinski definition) is 1. The lowest BCUT2D eigenvalue weighted by Gasteiger charge is -2.20. The van der Waals surface area contributed by atoms with Crippen LogP contribution in [0.4, 0.5) is 39.5 Å². The molecular formula is C27H15F9OS. The van der Waals surface area contributed by atoms with Crippen molar-refractivity contribution in [3.8, 4) is 22.6 Å². The topological polar surface area (TPSA) is 9.23 Å². The van der Waals surface area contributed by atoms with E-state index in [1.807, 2.05) is 0 Å². The third-order valence-corrected chi connectivity index (χ3v) is 8.49. The molecule has 0 saturated carbocycles. The van der Waals surface area contributed by atoms with Crippen LogP contribution in [0.2, 0.25) is 0 Å². The molecule has 1 nitrogen and oxygen atoms in total. The zero-order valence-electron chi connectivity index (χ0n) is 18.8. The Balaban J connectivity index is 1.50. The number of benzene rings is 4. The highest BCUT2D eigenvalue weighted by Crippen LogP contribution is 2.63. The Bertz CT molecular complexity index is 1420. The first-order valence-corrected chi connectivity index (χ1v) is 12.2. The molecule has 0 bridgehead atoms. The van der Waals surface area contributed by atoms with Gasteiger partial charge in [0.1, 0.15) is 11.5 Å². The van der Waals surface area contributed by atoms with Crippen LogP contribution in [-0.4, -0.2) is 0 Å². The average molecular weight is 558 g/mol. The van der Waals surface area contributed by atoms with Gasteiger partial charge in [-0.25, -0.2) is 0 Å². The highest BCUT2D eigenvalue weighted by Gasteiger charge is 2.37. The minimum atomic E-state index is -4.67. The molecule has 0 unspecified atom stereocenters. The first-order chi connectivity index (χ1) is 17.7. The van der Waals surface area contributed by atoms with E-state index < -0.39 is 46.1 Å². The fraction of sp³-hybridized carbons (Fsp3) is 0.111. The third kappa shape index (κ3) is 4.94. The number of ether oxygens (including phenoxy) is 1. The minimum Gasteiger partial charge on any atom is -0.457 e. The fourth-order valence-corrected chi connectivity index (χ4v) is 6.73. The van der Waals surface area contributed by atoms with Gasteiger partial charge in [0.25, 0.3) is 0 Å². The molecule has 38 heavy (non-hydrogen) atoms. The molecular weight excluding hydrogens is 543 g/mol. The molecule has 1 aliphatic rings. The van der Waals surface area contributed by atoms with E-state index in [-0.39, 0.29) is 16.9 Å². The van der Waals surface area contributed by atoms with Crippen molar-refractivity contribution in [2.75, 3.05) is 0 Å². The van der Waals surface area contributed by atoms with E-state index >= 15 is 0 Å². The summed E-state index contributed by atoms with van der Waals surface area (Å²) in [6, 6.07) is 16.6. The zero-order valence-corrected chi connectivity index (χ0v) is 19.7. The van der Waals surface area contributed by atoms with Crippen LogP contribution in [0.1, 0.15) is 16.7 Å². The second-order valence-electron chi connectivity index (χ2n) is 8.41. The van der Waals surface area contributed by atoms with Crippen LogP contribution in [0, 0.1) is 0 Å². The molecule has 0 fully saturated rings. The Kier molecular flexibility index (Phi) is 6.17. The van der Waals surface area contributed by atoms with Gasteiger partial charge >= 0.3 is 18.5 Å². The van der Waals surface area contributed by atoms with Crippen molar-refractivity contribution in [3.05, 3.63) is 102 Å². The van der Waals surface area contributed by atoms with E-state index in [2.05, 4.69) is 0 Å². The molecule has 5 rings (SSSR count). The van der Waals surface area contributed by atoms with Gasteiger partial charge in [0.15, 0.2) is 0 Å². The molecule has 0 aliphatic carbocycles. The molecule has 1 heterocycles. The van der Waals surface area contributed by atoms with Gasteiger partial charge in [0, 0.05) is 9.79 Å². The zero-order chi connectivity index (χ0) is 27.5. The van der Waals surface area contributed by atoms with Crippen LogP contribution < -0.4 is 4.74 Å². The van der Waals surface area contributed by atoms with Crippen molar-refractivity contribution in [1.82, 2.24) is 0 Å². The van der Waals surface area contributed by atoms with Gasteiger partial charge in [-0.15, -0.1) is 0 Å². The van der Waals surface area contributed by atoms with Crippen molar-refractivity contribution in [2.45, 2.75) is 33.2 Å². The van der Waals surface area contributed by atoms with Gasteiger partial charge in [0.2, 0.25) is 0 Å². The Labute approximate surface area is 212 Å². The van der Waals surface area contributed by atoms with Gasteiger partial charge in [-0.2, -0.15) is 50.4 Å². The second-order valence-corrected chi connectivity index (χ2v) is 10.6. The number of hydrogen-bond donors (Lipinski definition) is 1. The molecule has 0 atom stereocenters. The summed E-state index contributed by atoms with van der Waals surface area (Å²) >= 11 is 0.